The third-order valence-electron chi connectivity index (χ3n) is 1.82. The summed E-state index contributed by atoms with van der Waals surface area (Å²) in [6, 6.07) is 0. The van der Waals surface area contributed by atoms with Gasteiger partial charge in [-0.25, -0.2) is 0 Å². The fraction of sp³-hybridized carbons (Fsp3) is 0.778. The molecule has 0 amide bonds. The molecule has 0 radical (unpaired) electrons. The normalized spacial score (nSPS) is 12.7. The maximum atomic E-state index is 3.87. The first-order valence-electron chi connectivity index (χ1n) is 4.12. The third-order valence-corrected chi connectivity index (χ3v) is 1.82. The van der Waals surface area contributed by atoms with Gasteiger partial charge in [-0.15, -0.1) is 0 Å². The Morgan fingerprint density at radius 1 is 1.50 bits per heavy atom. The highest BCUT2D eigenvalue weighted by molar-refractivity contribution is 4.89. The maximum Gasteiger partial charge on any atom is 0.0169 e. The first-order chi connectivity index (χ1) is 4.70. The van der Waals surface area contributed by atoms with Crippen LogP contribution in [0.2, 0.25) is 0 Å². The van der Waals surface area contributed by atoms with Crippen LogP contribution in [0.15, 0.2) is 12.3 Å². The molecule has 0 saturated heterocycles. The Kier molecular flexibility index (Phi) is 5.09. The van der Waals surface area contributed by atoms with Crippen molar-refractivity contribution in [3.8, 4) is 0 Å². The van der Waals surface area contributed by atoms with E-state index in [4.69, 9.17) is 0 Å². The molecule has 0 aliphatic rings. The standard InChI is InChI=1S/C9H19N/c1-5-8(3)7-10-9(4)6-2/h8,10H,4-7H2,1-3H3. The van der Waals surface area contributed by atoms with E-state index in [1.165, 1.54) is 6.42 Å². The van der Waals surface area contributed by atoms with Crippen LogP contribution >= 0.6 is 0 Å². The van der Waals surface area contributed by atoms with Crippen LogP contribution in [-0.4, -0.2) is 6.54 Å². The average Bonchev–Trinajstić information content (AvgIpc) is 1.99. The summed E-state index contributed by atoms with van der Waals surface area (Å²) >= 11 is 0. The monoisotopic (exact) mass is 141 g/mol. The topological polar surface area (TPSA) is 12.0 Å². The molecular formula is C9H19N. The minimum atomic E-state index is 0.767. The van der Waals surface area contributed by atoms with Crippen molar-refractivity contribution >= 4 is 0 Å². The highest BCUT2D eigenvalue weighted by Crippen LogP contribution is 1.99. The molecule has 10 heavy (non-hydrogen) atoms. The Labute approximate surface area is 64.5 Å². The second-order valence-electron chi connectivity index (χ2n) is 2.85. The smallest absolute Gasteiger partial charge is 0.0169 e. The fourth-order valence-corrected chi connectivity index (χ4v) is 0.588. The van der Waals surface area contributed by atoms with Crippen molar-refractivity contribution in [1.82, 2.24) is 5.32 Å². The molecule has 1 N–H and O–H groups in total. The van der Waals surface area contributed by atoms with Crippen LogP contribution in [0.25, 0.3) is 0 Å². The molecule has 0 bridgehead atoms. The summed E-state index contributed by atoms with van der Waals surface area (Å²) < 4.78 is 0. The molecule has 0 aromatic heterocycles. The molecule has 0 spiro atoms. The SMILES string of the molecule is C=C(CC)NCC(C)CC. The lowest BCUT2D eigenvalue weighted by Gasteiger charge is -2.11. The minimum absolute atomic E-state index is 0.767. The second kappa shape index (κ2) is 5.33. The molecule has 0 aromatic rings. The Hall–Kier alpha value is -0.460. The molecule has 0 aliphatic carbocycles. The fourth-order valence-electron chi connectivity index (χ4n) is 0.588. The lowest BCUT2D eigenvalue weighted by Crippen LogP contribution is -2.19. The molecule has 0 saturated carbocycles. The number of rotatable bonds is 5. The zero-order valence-corrected chi connectivity index (χ0v) is 7.41. The van der Waals surface area contributed by atoms with Gasteiger partial charge < -0.3 is 5.32 Å². The van der Waals surface area contributed by atoms with Crippen LogP contribution in [0.4, 0.5) is 0 Å². The zero-order chi connectivity index (χ0) is 7.98. The van der Waals surface area contributed by atoms with Gasteiger partial charge in [0, 0.05) is 12.2 Å². The third kappa shape index (κ3) is 4.42. The van der Waals surface area contributed by atoms with E-state index in [1.807, 2.05) is 0 Å². The van der Waals surface area contributed by atoms with Gasteiger partial charge in [0.05, 0.1) is 0 Å². The Bertz CT molecular complexity index is 96.9. The molecule has 0 heterocycles. The molecular weight excluding hydrogens is 122 g/mol. The van der Waals surface area contributed by atoms with E-state index in [1.54, 1.807) is 0 Å². The number of allylic oxidation sites excluding steroid dienone is 1. The molecule has 60 valence electrons. The quantitative estimate of drug-likeness (QED) is 0.620. The summed E-state index contributed by atoms with van der Waals surface area (Å²) in [6.45, 7) is 11.5. The van der Waals surface area contributed by atoms with Crippen molar-refractivity contribution in [2.75, 3.05) is 6.54 Å². The van der Waals surface area contributed by atoms with E-state index in [0.717, 1.165) is 24.6 Å². The molecule has 1 unspecified atom stereocenters. The Balaban J connectivity index is 3.26. The second-order valence-corrected chi connectivity index (χ2v) is 2.85. The summed E-state index contributed by atoms with van der Waals surface area (Å²) in [5.41, 5.74) is 1.15. The average molecular weight is 141 g/mol. The van der Waals surface area contributed by atoms with Gasteiger partial charge in [-0.1, -0.05) is 33.8 Å². The number of nitrogens with one attached hydrogen (secondary N) is 1. The van der Waals surface area contributed by atoms with Crippen molar-refractivity contribution in [1.29, 1.82) is 0 Å². The van der Waals surface area contributed by atoms with Crippen molar-refractivity contribution < 1.29 is 0 Å². The molecule has 0 rings (SSSR count). The van der Waals surface area contributed by atoms with Crippen molar-refractivity contribution in [3.05, 3.63) is 12.3 Å². The molecule has 1 nitrogen and oxygen atoms in total. The highest BCUT2D eigenvalue weighted by Gasteiger charge is 1.96. The van der Waals surface area contributed by atoms with Gasteiger partial charge in [-0.2, -0.15) is 0 Å². The first-order valence-corrected chi connectivity index (χ1v) is 4.12. The van der Waals surface area contributed by atoms with E-state index in [2.05, 4.69) is 32.7 Å². The van der Waals surface area contributed by atoms with Crippen LogP contribution in [0.5, 0.6) is 0 Å². The van der Waals surface area contributed by atoms with Gasteiger partial charge in [0.1, 0.15) is 0 Å². The van der Waals surface area contributed by atoms with Gasteiger partial charge in [0.2, 0.25) is 0 Å². The lowest BCUT2D eigenvalue weighted by atomic mass is 10.1. The van der Waals surface area contributed by atoms with Crippen molar-refractivity contribution in [2.24, 2.45) is 5.92 Å². The van der Waals surface area contributed by atoms with E-state index in [0.29, 0.717) is 0 Å². The van der Waals surface area contributed by atoms with Gasteiger partial charge >= 0.3 is 0 Å². The summed E-state index contributed by atoms with van der Waals surface area (Å²) in [5.74, 6) is 0.767. The van der Waals surface area contributed by atoms with E-state index >= 15 is 0 Å². The Morgan fingerprint density at radius 2 is 2.10 bits per heavy atom. The summed E-state index contributed by atoms with van der Waals surface area (Å²) in [7, 11) is 0. The predicted octanol–water partition coefficient (Wildman–Crippen LogP) is 2.55. The molecule has 1 heteroatoms. The van der Waals surface area contributed by atoms with E-state index in [-0.39, 0.29) is 0 Å². The van der Waals surface area contributed by atoms with Crippen LogP contribution in [0, 0.1) is 5.92 Å². The van der Waals surface area contributed by atoms with Crippen molar-refractivity contribution in [2.45, 2.75) is 33.6 Å². The predicted molar refractivity (Wildman–Crippen MR) is 46.9 cm³/mol. The number of hydrogen-bond acceptors (Lipinski definition) is 1. The van der Waals surface area contributed by atoms with Gasteiger partial charge in [-0.3, -0.25) is 0 Å². The van der Waals surface area contributed by atoms with Gasteiger partial charge in [0.25, 0.3) is 0 Å². The zero-order valence-electron chi connectivity index (χ0n) is 7.41. The number of hydrogen-bond donors (Lipinski definition) is 1. The summed E-state index contributed by atoms with van der Waals surface area (Å²) in [4.78, 5) is 0. The van der Waals surface area contributed by atoms with Gasteiger partial charge in [0.15, 0.2) is 0 Å². The van der Waals surface area contributed by atoms with Crippen LogP contribution in [0.1, 0.15) is 33.6 Å². The van der Waals surface area contributed by atoms with E-state index in [9.17, 15) is 0 Å². The lowest BCUT2D eigenvalue weighted by molar-refractivity contribution is 0.526. The van der Waals surface area contributed by atoms with Crippen LogP contribution in [0.3, 0.4) is 0 Å². The molecule has 0 fully saturated rings. The van der Waals surface area contributed by atoms with Gasteiger partial charge in [-0.05, 0) is 12.3 Å². The molecule has 0 aromatic carbocycles. The highest BCUT2D eigenvalue weighted by atomic mass is 14.9. The Morgan fingerprint density at radius 3 is 2.50 bits per heavy atom. The molecule has 0 aliphatic heterocycles. The van der Waals surface area contributed by atoms with E-state index < -0.39 is 0 Å². The maximum absolute atomic E-state index is 3.87. The minimum Gasteiger partial charge on any atom is -0.389 e. The van der Waals surface area contributed by atoms with Crippen LogP contribution in [-0.2, 0) is 0 Å². The summed E-state index contributed by atoms with van der Waals surface area (Å²) in [6.07, 6.45) is 2.28. The first kappa shape index (κ1) is 9.54. The van der Waals surface area contributed by atoms with Crippen LogP contribution < -0.4 is 5.32 Å². The molecule has 1 atom stereocenters. The summed E-state index contributed by atoms with van der Waals surface area (Å²) in [5, 5.41) is 3.29. The van der Waals surface area contributed by atoms with Crippen molar-refractivity contribution in [3.63, 3.8) is 0 Å². The largest absolute Gasteiger partial charge is 0.389 e.